The fourth-order valence-electron chi connectivity index (χ4n) is 2.53. The summed E-state index contributed by atoms with van der Waals surface area (Å²) in [7, 11) is 0. The van der Waals surface area contributed by atoms with Gasteiger partial charge in [0.05, 0.1) is 0 Å². The van der Waals surface area contributed by atoms with Gasteiger partial charge in [0.25, 0.3) is 0 Å². The Labute approximate surface area is 123 Å². The van der Waals surface area contributed by atoms with E-state index >= 15 is 0 Å². The number of piperidine rings is 1. The minimum absolute atomic E-state index is 0. The summed E-state index contributed by atoms with van der Waals surface area (Å²) >= 11 is 0. The summed E-state index contributed by atoms with van der Waals surface area (Å²) in [5.74, 6) is 0.655. The Kier molecular flexibility index (Phi) is 7.88. The van der Waals surface area contributed by atoms with Crippen LogP contribution >= 0.6 is 24.8 Å². The molecule has 3 unspecified atom stereocenters. The van der Waals surface area contributed by atoms with E-state index in [0.29, 0.717) is 18.0 Å². The number of nitrogens with two attached hydrogens (primary N) is 1. The van der Waals surface area contributed by atoms with E-state index < -0.39 is 0 Å². The number of hydrogen-bond donors (Lipinski definition) is 1. The van der Waals surface area contributed by atoms with Gasteiger partial charge in [-0.05, 0) is 24.8 Å². The molecule has 1 aliphatic rings. The molecule has 0 saturated carbocycles. The summed E-state index contributed by atoms with van der Waals surface area (Å²) < 4.78 is 0. The van der Waals surface area contributed by atoms with Gasteiger partial charge in [-0.25, -0.2) is 0 Å². The Hall–Kier alpha value is -0.280. The zero-order valence-electron chi connectivity index (χ0n) is 11.1. The van der Waals surface area contributed by atoms with Crippen molar-refractivity contribution in [3.63, 3.8) is 0 Å². The van der Waals surface area contributed by atoms with Crippen LogP contribution in [-0.2, 0) is 6.54 Å². The quantitative estimate of drug-likeness (QED) is 0.907. The number of nitrogens with zero attached hydrogens (tertiary/aromatic N) is 1. The van der Waals surface area contributed by atoms with Gasteiger partial charge in [0, 0.05) is 25.2 Å². The van der Waals surface area contributed by atoms with Gasteiger partial charge in [-0.3, -0.25) is 4.90 Å². The van der Waals surface area contributed by atoms with Crippen molar-refractivity contribution in [3.8, 4) is 0 Å². The molecule has 1 heterocycles. The molecule has 0 bridgehead atoms. The molecule has 0 aliphatic carbocycles. The normalized spacial score (nSPS) is 28.1. The molecule has 0 amide bonds. The van der Waals surface area contributed by atoms with E-state index in [1.165, 1.54) is 12.0 Å². The molecule has 1 saturated heterocycles. The summed E-state index contributed by atoms with van der Waals surface area (Å²) in [6, 6.07) is 11.6. The maximum absolute atomic E-state index is 6.14. The SMILES string of the molecule is CC1CC(C)N(Cc2ccccc2)CC1N.Cl.Cl. The smallest absolute Gasteiger partial charge is 0.0237 e. The van der Waals surface area contributed by atoms with Crippen molar-refractivity contribution in [1.82, 2.24) is 4.90 Å². The predicted octanol–water partition coefficient (Wildman–Crippen LogP) is 3.09. The molecule has 0 radical (unpaired) electrons. The van der Waals surface area contributed by atoms with Crippen LogP contribution in [0.3, 0.4) is 0 Å². The number of benzene rings is 1. The molecule has 1 aromatic rings. The van der Waals surface area contributed by atoms with Crippen LogP contribution in [0.4, 0.5) is 0 Å². The highest BCUT2D eigenvalue weighted by Gasteiger charge is 2.28. The molecule has 3 atom stereocenters. The molecule has 2 nitrogen and oxygen atoms in total. The largest absolute Gasteiger partial charge is 0.326 e. The zero-order chi connectivity index (χ0) is 11.5. The first-order chi connectivity index (χ1) is 7.66. The molecule has 0 aromatic heterocycles. The molecular formula is C14H24Cl2N2. The van der Waals surface area contributed by atoms with Gasteiger partial charge in [0.1, 0.15) is 0 Å². The number of hydrogen-bond acceptors (Lipinski definition) is 2. The van der Waals surface area contributed by atoms with E-state index in [4.69, 9.17) is 5.73 Å². The van der Waals surface area contributed by atoms with Gasteiger partial charge in [-0.1, -0.05) is 37.3 Å². The van der Waals surface area contributed by atoms with E-state index in [2.05, 4.69) is 49.1 Å². The highest BCUT2D eigenvalue weighted by molar-refractivity contribution is 5.85. The topological polar surface area (TPSA) is 29.3 Å². The van der Waals surface area contributed by atoms with Crippen molar-refractivity contribution in [2.75, 3.05) is 6.54 Å². The first kappa shape index (κ1) is 17.7. The summed E-state index contributed by atoms with van der Waals surface area (Å²) in [4.78, 5) is 2.50. The Morgan fingerprint density at radius 3 is 2.39 bits per heavy atom. The third-order valence-corrected chi connectivity index (χ3v) is 3.74. The second-order valence-corrected chi connectivity index (χ2v) is 5.14. The van der Waals surface area contributed by atoms with Crippen LogP contribution in [0.15, 0.2) is 30.3 Å². The minimum Gasteiger partial charge on any atom is -0.326 e. The highest BCUT2D eigenvalue weighted by atomic mass is 35.5. The monoisotopic (exact) mass is 290 g/mol. The van der Waals surface area contributed by atoms with Crippen LogP contribution < -0.4 is 5.73 Å². The maximum Gasteiger partial charge on any atom is 0.0237 e. The van der Waals surface area contributed by atoms with E-state index in [-0.39, 0.29) is 24.8 Å². The summed E-state index contributed by atoms with van der Waals surface area (Å²) in [6.07, 6.45) is 1.22. The fourth-order valence-corrected chi connectivity index (χ4v) is 2.53. The first-order valence-electron chi connectivity index (χ1n) is 6.20. The van der Waals surface area contributed by atoms with Crippen molar-refractivity contribution in [2.45, 2.75) is 38.9 Å². The molecule has 2 N–H and O–H groups in total. The van der Waals surface area contributed by atoms with Gasteiger partial charge in [-0.2, -0.15) is 0 Å². The third kappa shape index (κ3) is 4.43. The lowest BCUT2D eigenvalue weighted by atomic mass is 9.89. The molecule has 1 aliphatic heterocycles. The van der Waals surface area contributed by atoms with Crippen LogP contribution in [0.5, 0.6) is 0 Å². The van der Waals surface area contributed by atoms with E-state index in [9.17, 15) is 0 Å². The second-order valence-electron chi connectivity index (χ2n) is 5.14. The summed E-state index contributed by atoms with van der Waals surface area (Å²) in [6.45, 7) is 6.63. The molecule has 2 rings (SSSR count). The van der Waals surface area contributed by atoms with Crippen molar-refractivity contribution < 1.29 is 0 Å². The first-order valence-corrected chi connectivity index (χ1v) is 6.20. The highest BCUT2D eigenvalue weighted by Crippen LogP contribution is 2.23. The number of rotatable bonds is 2. The Morgan fingerprint density at radius 1 is 1.17 bits per heavy atom. The average molecular weight is 291 g/mol. The van der Waals surface area contributed by atoms with Crippen LogP contribution in [0.25, 0.3) is 0 Å². The zero-order valence-corrected chi connectivity index (χ0v) is 12.7. The van der Waals surface area contributed by atoms with Gasteiger partial charge in [0.2, 0.25) is 0 Å². The van der Waals surface area contributed by atoms with Crippen molar-refractivity contribution in [1.29, 1.82) is 0 Å². The molecule has 4 heteroatoms. The van der Waals surface area contributed by atoms with Crippen LogP contribution in [0.1, 0.15) is 25.8 Å². The van der Waals surface area contributed by atoms with Crippen LogP contribution in [0.2, 0.25) is 0 Å². The van der Waals surface area contributed by atoms with E-state index in [0.717, 1.165) is 13.1 Å². The molecule has 18 heavy (non-hydrogen) atoms. The summed E-state index contributed by atoms with van der Waals surface area (Å²) in [5.41, 5.74) is 7.53. The fraction of sp³-hybridized carbons (Fsp3) is 0.571. The van der Waals surface area contributed by atoms with E-state index in [1.54, 1.807) is 0 Å². The molecule has 1 fully saturated rings. The third-order valence-electron chi connectivity index (χ3n) is 3.74. The Balaban J connectivity index is 0.00000144. The second kappa shape index (κ2) is 8.00. The van der Waals surface area contributed by atoms with Gasteiger partial charge >= 0.3 is 0 Å². The van der Waals surface area contributed by atoms with Crippen LogP contribution in [-0.4, -0.2) is 23.5 Å². The van der Waals surface area contributed by atoms with E-state index in [1.807, 2.05) is 0 Å². The summed E-state index contributed by atoms with van der Waals surface area (Å²) in [5, 5.41) is 0. The van der Waals surface area contributed by atoms with Crippen molar-refractivity contribution >= 4 is 24.8 Å². The Morgan fingerprint density at radius 2 is 1.78 bits per heavy atom. The van der Waals surface area contributed by atoms with Crippen molar-refractivity contribution in [2.24, 2.45) is 11.7 Å². The molecule has 1 aromatic carbocycles. The predicted molar refractivity (Wildman–Crippen MR) is 82.6 cm³/mol. The number of halogens is 2. The van der Waals surface area contributed by atoms with Gasteiger partial charge < -0.3 is 5.73 Å². The average Bonchev–Trinajstić information content (AvgIpc) is 2.27. The van der Waals surface area contributed by atoms with Gasteiger partial charge in [-0.15, -0.1) is 24.8 Å². The molecular weight excluding hydrogens is 267 g/mol. The van der Waals surface area contributed by atoms with Gasteiger partial charge in [0.15, 0.2) is 0 Å². The van der Waals surface area contributed by atoms with Crippen LogP contribution in [0, 0.1) is 5.92 Å². The molecule has 104 valence electrons. The lowest BCUT2D eigenvalue weighted by molar-refractivity contribution is 0.104. The Bertz CT molecular complexity index is 332. The molecule has 0 spiro atoms. The standard InChI is InChI=1S/C14H22N2.2ClH/c1-11-8-12(2)16(10-14(11)15)9-13-6-4-3-5-7-13;;/h3-7,11-12,14H,8-10,15H2,1-2H3;2*1H. The maximum atomic E-state index is 6.14. The van der Waals surface area contributed by atoms with Crippen molar-refractivity contribution in [3.05, 3.63) is 35.9 Å². The lowest BCUT2D eigenvalue weighted by Gasteiger charge is -2.40. The minimum atomic E-state index is 0. The number of likely N-dealkylation sites (tertiary alicyclic amines) is 1. The lowest BCUT2D eigenvalue weighted by Crippen LogP contribution is -2.51.